The Bertz CT molecular complexity index is 2370. The molecular weight excluding hydrogens is 833 g/mol. The first-order valence-corrected chi connectivity index (χ1v) is 22.1. The van der Waals surface area contributed by atoms with Crippen LogP contribution < -0.4 is 39.4 Å². The van der Waals surface area contributed by atoms with Crippen LogP contribution in [0.15, 0.2) is 97.1 Å². The van der Waals surface area contributed by atoms with Crippen molar-refractivity contribution in [1.82, 2.24) is 29.9 Å². The van der Waals surface area contributed by atoms with Crippen LogP contribution in [0.5, 0.6) is 11.5 Å². The zero-order chi connectivity index (χ0) is 42.7. The number of hydrogen-bond donors (Lipinski definition) is 6. The normalized spacial score (nSPS) is 15.1. The third-order valence-electron chi connectivity index (χ3n) is 9.89. The molecule has 8 rings (SSSR count). The molecule has 320 valence electrons. The van der Waals surface area contributed by atoms with Gasteiger partial charge in [-0.1, -0.05) is 48.6 Å². The van der Waals surface area contributed by atoms with Gasteiger partial charge in [-0.15, -0.1) is 0 Å². The molecular formula is C42H44N12O6S2. The molecule has 6 N–H and O–H groups in total. The number of nitrogens with one attached hydrogen (secondary N) is 4. The Morgan fingerprint density at radius 1 is 0.468 bits per heavy atom. The number of para-hydroxylation sites is 2. The topological polar surface area (TPSA) is 225 Å². The van der Waals surface area contributed by atoms with Gasteiger partial charge < -0.3 is 39.4 Å². The Labute approximate surface area is 363 Å². The highest BCUT2D eigenvalue weighted by atomic mass is 32.2. The van der Waals surface area contributed by atoms with Gasteiger partial charge in [0.15, 0.2) is 11.5 Å². The second kappa shape index (κ2) is 20.2. The lowest BCUT2D eigenvalue weighted by atomic mass is 10.1. The average molecular weight is 877 g/mol. The van der Waals surface area contributed by atoms with E-state index in [2.05, 4.69) is 41.0 Å². The molecule has 2 saturated heterocycles. The summed E-state index contributed by atoms with van der Waals surface area (Å²) in [6.07, 6.45) is 9.67. The maximum Gasteiger partial charge on any atom is 0.357 e. The van der Waals surface area contributed by atoms with Gasteiger partial charge in [-0.2, -0.15) is 38.3 Å². The average Bonchev–Trinajstić information content (AvgIpc) is 3.27. The summed E-state index contributed by atoms with van der Waals surface area (Å²) in [4.78, 5) is 32.2. The molecule has 0 aliphatic carbocycles. The summed E-state index contributed by atoms with van der Waals surface area (Å²) in [6.45, 7) is 3.29. The third kappa shape index (κ3) is 11.5. The van der Waals surface area contributed by atoms with Crippen LogP contribution in [0.2, 0.25) is 0 Å². The molecule has 62 heavy (non-hydrogen) atoms. The summed E-state index contributed by atoms with van der Waals surface area (Å²) in [6, 6.07) is 29.1. The van der Waals surface area contributed by atoms with E-state index in [4.69, 9.17) is 28.3 Å². The van der Waals surface area contributed by atoms with Gasteiger partial charge in [0.05, 0.1) is 0 Å². The number of benzene rings is 4. The van der Waals surface area contributed by atoms with E-state index in [1.807, 2.05) is 60.7 Å². The Morgan fingerprint density at radius 3 is 1.18 bits per heavy atom. The van der Waals surface area contributed by atoms with Gasteiger partial charge in [0.1, 0.15) is 0 Å². The summed E-state index contributed by atoms with van der Waals surface area (Å²) in [5.74, 6) is 2.39. The first kappa shape index (κ1) is 42.0. The largest absolute Gasteiger partial charge is 0.379 e. The summed E-state index contributed by atoms with van der Waals surface area (Å²) >= 11 is -5.33. The van der Waals surface area contributed by atoms with E-state index in [-0.39, 0.29) is 23.4 Å². The molecule has 2 atom stereocenters. The maximum absolute atomic E-state index is 12.0. The lowest BCUT2D eigenvalue weighted by molar-refractivity contribution is 0.456. The summed E-state index contributed by atoms with van der Waals surface area (Å²) in [7, 11) is 0. The van der Waals surface area contributed by atoms with Crippen LogP contribution in [0.4, 0.5) is 58.4 Å². The highest BCUT2D eigenvalue weighted by Crippen LogP contribution is 2.32. The molecule has 2 aliphatic heterocycles. The van der Waals surface area contributed by atoms with Gasteiger partial charge in [-0.25, -0.2) is 0 Å². The van der Waals surface area contributed by atoms with Gasteiger partial charge >= 0.3 is 22.7 Å². The van der Waals surface area contributed by atoms with E-state index in [0.717, 1.165) is 76.1 Å². The Balaban J connectivity index is 1.05. The lowest BCUT2D eigenvalue weighted by Gasteiger charge is -2.27. The molecule has 6 aromatic rings. The van der Waals surface area contributed by atoms with Crippen molar-refractivity contribution >= 4 is 93.3 Å². The van der Waals surface area contributed by atoms with Crippen molar-refractivity contribution in [2.45, 2.75) is 38.5 Å². The fourth-order valence-corrected chi connectivity index (χ4v) is 7.56. The molecule has 0 amide bonds. The fourth-order valence-electron chi connectivity index (χ4n) is 6.96. The van der Waals surface area contributed by atoms with Gasteiger partial charge in [-0.3, -0.25) is 9.11 Å². The summed E-state index contributed by atoms with van der Waals surface area (Å²) in [5.41, 5.74) is 3.41. The number of rotatable bonds is 16. The molecule has 2 fully saturated rings. The van der Waals surface area contributed by atoms with E-state index in [1.165, 1.54) is 0 Å². The zero-order valence-electron chi connectivity index (χ0n) is 33.4. The zero-order valence-corrected chi connectivity index (χ0v) is 35.0. The van der Waals surface area contributed by atoms with Crippen molar-refractivity contribution in [3.8, 4) is 11.5 Å². The second-order valence-corrected chi connectivity index (χ2v) is 15.5. The van der Waals surface area contributed by atoms with E-state index >= 15 is 0 Å². The van der Waals surface area contributed by atoms with Crippen molar-refractivity contribution < 1.29 is 25.9 Å². The number of anilines is 10. The number of nitrogens with zero attached hydrogens (tertiary/aromatic N) is 8. The van der Waals surface area contributed by atoms with Crippen LogP contribution in [0.3, 0.4) is 0 Å². The van der Waals surface area contributed by atoms with Crippen LogP contribution in [-0.4, -0.2) is 73.6 Å². The minimum Gasteiger partial charge on any atom is -0.379 e. The van der Waals surface area contributed by atoms with Gasteiger partial charge in [-0.05, 0) is 87.1 Å². The van der Waals surface area contributed by atoms with E-state index in [9.17, 15) is 17.5 Å². The van der Waals surface area contributed by atoms with Crippen molar-refractivity contribution in [3.05, 3.63) is 108 Å². The van der Waals surface area contributed by atoms with Gasteiger partial charge in [0.2, 0.25) is 35.7 Å². The smallest absolute Gasteiger partial charge is 0.357 e. The van der Waals surface area contributed by atoms with Gasteiger partial charge in [0, 0.05) is 72.2 Å². The monoisotopic (exact) mass is 876 g/mol. The number of hydrogen-bond acceptors (Lipinski definition) is 16. The molecule has 2 aromatic heterocycles. The SMILES string of the molecule is O=S(O)Oc1cc(Nc2nc(Nc3ccccc3)nc(N3CCCCC3)n2)ccc1/C=C/c1ccc(Nc2nc(Nc3ccccc3)nc(N3CCCCC3)n2)cc1OS(=O)O. The molecule has 2 unspecified atom stereocenters. The maximum atomic E-state index is 12.0. The predicted octanol–water partition coefficient (Wildman–Crippen LogP) is 8.21. The van der Waals surface area contributed by atoms with E-state index < -0.39 is 22.7 Å². The van der Waals surface area contributed by atoms with Crippen molar-refractivity contribution in [2.75, 3.05) is 57.2 Å². The number of aromatic nitrogens is 6. The predicted molar refractivity (Wildman–Crippen MR) is 242 cm³/mol. The summed E-state index contributed by atoms with van der Waals surface area (Å²) in [5, 5.41) is 12.9. The minimum absolute atomic E-state index is 0.0609. The lowest BCUT2D eigenvalue weighted by Crippen LogP contribution is -2.31. The van der Waals surface area contributed by atoms with Crippen LogP contribution in [-0.2, 0) is 22.7 Å². The first-order valence-electron chi connectivity index (χ1n) is 20.0. The highest BCUT2D eigenvalue weighted by molar-refractivity contribution is 7.74. The number of piperidine rings is 2. The third-order valence-corrected chi connectivity index (χ3v) is 10.5. The van der Waals surface area contributed by atoms with E-state index in [0.29, 0.717) is 46.3 Å². The molecule has 0 radical (unpaired) electrons. The fraction of sp³-hybridized carbons (Fsp3) is 0.238. The second-order valence-electron chi connectivity index (χ2n) is 14.3. The molecule has 2 aliphatic rings. The molecule has 0 spiro atoms. The van der Waals surface area contributed by atoms with Crippen LogP contribution in [0, 0.1) is 0 Å². The molecule has 20 heteroatoms. The van der Waals surface area contributed by atoms with Crippen molar-refractivity contribution in [1.29, 1.82) is 0 Å². The molecule has 18 nitrogen and oxygen atoms in total. The molecule has 0 bridgehead atoms. The molecule has 0 saturated carbocycles. The Morgan fingerprint density at radius 2 is 0.823 bits per heavy atom. The van der Waals surface area contributed by atoms with E-state index in [1.54, 1.807) is 48.6 Å². The molecule has 4 heterocycles. The molecule has 4 aromatic carbocycles. The highest BCUT2D eigenvalue weighted by Gasteiger charge is 2.19. The van der Waals surface area contributed by atoms with Crippen LogP contribution in [0.1, 0.15) is 49.7 Å². The Hall–Kier alpha value is -6.74. The van der Waals surface area contributed by atoms with Crippen LogP contribution in [0.25, 0.3) is 12.2 Å². The van der Waals surface area contributed by atoms with Crippen molar-refractivity contribution in [2.24, 2.45) is 0 Å². The first-order chi connectivity index (χ1) is 30.3. The van der Waals surface area contributed by atoms with Crippen molar-refractivity contribution in [3.63, 3.8) is 0 Å². The van der Waals surface area contributed by atoms with Crippen LogP contribution >= 0.6 is 0 Å². The quantitative estimate of drug-likeness (QED) is 0.0398. The van der Waals surface area contributed by atoms with Gasteiger partial charge in [0.25, 0.3) is 0 Å². The Kier molecular flexibility index (Phi) is 13.7. The standard InChI is InChI=1S/C42H44N12O6S2/c55-61(56)59-35-27-33(45-39-47-37(43-31-13-5-1-6-14-31)49-41(51-39)53-23-9-3-10-24-53)21-19-29(35)17-18-30-20-22-34(28-36(30)60-62(57)58)46-40-48-38(44-32-15-7-2-8-16-32)50-42(52-40)54-25-11-4-12-26-54/h1-2,5-8,13-22,27-28H,3-4,9-12,23-26H2,(H,55,56)(H,57,58)(H2,43,45,47,49,51)(H2,44,46,48,50,52)/b18-17+. The summed E-state index contributed by atoms with van der Waals surface area (Å²) < 4.78 is 54.2. The minimum atomic E-state index is -2.66.